The molecule has 1 unspecified atom stereocenters. The Labute approximate surface area is 163 Å². The number of piperidine rings is 1. The number of likely N-dealkylation sites (tertiary alicyclic amines) is 1. The Balaban J connectivity index is 1.60. The molecule has 1 atom stereocenters. The van der Waals surface area contributed by atoms with Gasteiger partial charge in [0.1, 0.15) is 0 Å². The van der Waals surface area contributed by atoms with Gasteiger partial charge in [0.15, 0.2) is 0 Å². The Morgan fingerprint density at radius 2 is 1.79 bits per heavy atom. The number of urea groups is 1. The van der Waals surface area contributed by atoms with Crippen molar-refractivity contribution in [2.24, 2.45) is 5.92 Å². The van der Waals surface area contributed by atoms with Crippen molar-refractivity contribution >= 4 is 29.3 Å². The van der Waals surface area contributed by atoms with Crippen LogP contribution in [0.25, 0.3) is 0 Å². The van der Waals surface area contributed by atoms with Crippen LogP contribution in [0.4, 0.5) is 16.2 Å². The molecule has 0 saturated carbocycles. The lowest BCUT2D eigenvalue weighted by Crippen LogP contribution is -2.45. The third-order valence-corrected chi connectivity index (χ3v) is 4.83. The van der Waals surface area contributed by atoms with Gasteiger partial charge in [-0.05, 0) is 55.7 Å². The van der Waals surface area contributed by atoms with Crippen molar-refractivity contribution in [1.29, 1.82) is 0 Å². The van der Waals surface area contributed by atoms with Crippen LogP contribution < -0.4 is 10.6 Å². The predicted octanol–water partition coefficient (Wildman–Crippen LogP) is 3.58. The SMILES string of the molecule is Cc1cc(NC(=O)C2CCCN(C(=O)Nc3ccccc3)C2)ccc1C(=O)O. The number of nitrogens with one attached hydrogen (secondary N) is 2. The maximum absolute atomic E-state index is 12.6. The fourth-order valence-electron chi connectivity index (χ4n) is 3.33. The topological polar surface area (TPSA) is 98.7 Å². The van der Waals surface area contributed by atoms with Gasteiger partial charge in [0.2, 0.25) is 5.91 Å². The number of hydrogen-bond acceptors (Lipinski definition) is 3. The summed E-state index contributed by atoms with van der Waals surface area (Å²) in [6.07, 6.45) is 1.45. The number of amides is 3. The van der Waals surface area contributed by atoms with Crippen LogP contribution >= 0.6 is 0 Å². The van der Waals surface area contributed by atoms with Gasteiger partial charge >= 0.3 is 12.0 Å². The van der Waals surface area contributed by atoms with Crippen LogP contribution in [0, 0.1) is 12.8 Å². The van der Waals surface area contributed by atoms with E-state index in [9.17, 15) is 14.4 Å². The fourth-order valence-corrected chi connectivity index (χ4v) is 3.33. The van der Waals surface area contributed by atoms with Gasteiger partial charge in [-0.25, -0.2) is 9.59 Å². The van der Waals surface area contributed by atoms with Gasteiger partial charge < -0.3 is 20.6 Å². The number of nitrogens with zero attached hydrogens (tertiary/aromatic N) is 1. The highest BCUT2D eigenvalue weighted by molar-refractivity contribution is 5.95. The molecule has 2 aromatic carbocycles. The number of carboxylic acids is 1. The van der Waals surface area contributed by atoms with E-state index in [1.165, 1.54) is 6.07 Å². The highest BCUT2D eigenvalue weighted by Crippen LogP contribution is 2.21. The van der Waals surface area contributed by atoms with Crippen molar-refractivity contribution in [3.05, 3.63) is 59.7 Å². The van der Waals surface area contributed by atoms with E-state index in [1.807, 2.05) is 30.3 Å². The van der Waals surface area contributed by atoms with E-state index in [2.05, 4.69) is 10.6 Å². The second-order valence-corrected chi connectivity index (χ2v) is 6.91. The Morgan fingerprint density at radius 3 is 2.46 bits per heavy atom. The summed E-state index contributed by atoms with van der Waals surface area (Å²) in [5, 5.41) is 14.8. The summed E-state index contributed by atoms with van der Waals surface area (Å²) >= 11 is 0. The first-order chi connectivity index (χ1) is 13.4. The number of aromatic carboxylic acids is 1. The van der Waals surface area contributed by atoms with Crippen molar-refractivity contribution in [2.45, 2.75) is 19.8 Å². The minimum atomic E-state index is -0.997. The zero-order chi connectivity index (χ0) is 20.1. The zero-order valence-corrected chi connectivity index (χ0v) is 15.6. The lowest BCUT2D eigenvalue weighted by Gasteiger charge is -2.32. The van der Waals surface area contributed by atoms with Crippen LogP contribution in [-0.2, 0) is 4.79 Å². The largest absolute Gasteiger partial charge is 0.478 e. The van der Waals surface area contributed by atoms with E-state index >= 15 is 0 Å². The number of rotatable bonds is 4. The molecule has 0 radical (unpaired) electrons. The van der Waals surface area contributed by atoms with Gasteiger partial charge in [0, 0.05) is 24.5 Å². The Morgan fingerprint density at radius 1 is 1.04 bits per heavy atom. The molecule has 1 fully saturated rings. The smallest absolute Gasteiger partial charge is 0.335 e. The molecule has 3 N–H and O–H groups in total. The van der Waals surface area contributed by atoms with Crippen molar-refractivity contribution in [2.75, 3.05) is 23.7 Å². The van der Waals surface area contributed by atoms with Crippen LogP contribution in [0.2, 0.25) is 0 Å². The molecule has 7 heteroatoms. The van der Waals surface area contributed by atoms with Crippen LogP contribution in [-0.4, -0.2) is 41.0 Å². The van der Waals surface area contributed by atoms with Gasteiger partial charge in [-0.2, -0.15) is 0 Å². The third kappa shape index (κ3) is 4.68. The number of carbonyl (C=O) groups excluding carboxylic acids is 2. The zero-order valence-electron chi connectivity index (χ0n) is 15.6. The molecule has 1 saturated heterocycles. The summed E-state index contributed by atoms with van der Waals surface area (Å²) in [5.41, 5.74) is 2.06. The average molecular weight is 381 g/mol. The van der Waals surface area contributed by atoms with Gasteiger partial charge in [-0.1, -0.05) is 18.2 Å². The normalized spacial score (nSPS) is 16.3. The number of anilines is 2. The summed E-state index contributed by atoms with van der Waals surface area (Å²) in [6.45, 7) is 2.64. The first kappa shape index (κ1) is 19.4. The predicted molar refractivity (Wildman–Crippen MR) is 107 cm³/mol. The monoisotopic (exact) mass is 381 g/mol. The fraction of sp³-hybridized carbons (Fsp3) is 0.286. The van der Waals surface area contributed by atoms with E-state index in [-0.39, 0.29) is 23.4 Å². The number of carbonyl (C=O) groups is 3. The molecule has 0 bridgehead atoms. The number of carboxylic acid groups (broad SMARTS) is 1. The number of aryl methyl sites for hydroxylation is 1. The van der Waals surface area contributed by atoms with E-state index in [0.717, 1.165) is 6.42 Å². The van der Waals surface area contributed by atoms with E-state index in [4.69, 9.17) is 5.11 Å². The maximum Gasteiger partial charge on any atom is 0.335 e. The summed E-state index contributed by atoms with van der Waals surface area (Å²) in [4.78, 5) is 37.9. The molecule has 0 spiro atoms. The molecular weight excluding hydrogens is 358 g/mol. The second-order valence-electron chi connectivity index (χ2n) is 6.91. The Kier molecular flexibility index (Phi) is 5.93. The molecule has 0 aliphatic carbocycles. The minimum Gasteiger partial charge on any atom is -0.478 e. The summed E-state index contributed by atoms with van der Waals surface area (Å²) in [7, 11) is 0. The van der Waals surface area contributed by atoms with Crippen molar-refractivity contribution < 1.29 is 19.5 Å². The van der Waals surface area contributed by atoms with E-state index in [0.29, 0.717) is 36.4 Å². The number of benzene rings is 2. The average Bonchev–Trinajstić information content (AvgIpc) is 2.68. The molecule has 2 aromatic rings. The van der Waals surface area contributed by atoms with Crippen LogP contribution in [0.3, 0.4) is 0 Å². The van der Waals surface area contributed by atoms with Crippen LogP contribution in [0.15, 0.2) is 48.5 Å². The quantitative estimate of drug-likeness (QED) is 0.754. The van der Waals surface area contributed by atoms with Gasteiger partial charge in [-0.15, -0.1) is 0 Å². The van der Waals surface area contributed by atoms with E-state index in [1.54, 1.807) is 24.0 Å². The Bertz CT molecular complexity index is 882. The molecule has 1 aliphatic rings. The highest BCUT2D eigenvalue weighted by Gasteiger charge is 2.28. The molecule has 1 heterocycles. The van der Waals surface area contributed by atoms with E-state index < -0.39 is 5.97 Å². The van der Waals surface area contributed by atoms with Crippen molar-refractivity contribution in [3.63, 3.8) is 0 Å². The molecule has 3 rings (SSSR count). The first-order valence-corrected chi connectivity index (χ1v) is 9.20. The first-order valence-electron chi connectivity index (χ1n) is 9.20. The number of hydrogen-bond donors (Lipinski definition) is 3. The van der Waals surface area contributed by atoms with Crippen molar-refractivity contribution in [1.82, 2.24) is 4.90 Å². The summed E-state index contributed by atoms with van der Waals surface area (Å²) in [5.74, 6) is -1.47. The standard InChI is InChI=1S/C21H23N3O4/c1-14-12-17(9-10-18(14)20(26)27)22-19(25)15-6-5-11-24(13-15)21(28)23-16-7-3-2-4-8-16/h2-4,7-10,12,15H,5-6,11,13H2,1H3,(H,22,25)(H,23,28)(H,26,27). The molecule has 28 heavy (non-hydrogen) atoms. The lowest BCUT2D eigenvalue weighted by atomic mass is 9.97. The maximum atomic E-state index is 12.6. The van der Waals surface area contributed by atoms with Crippen LogP contribution in [0.5, 0.6) is 0 Å². The third-order valence-electron chi connectivity index (χ3n) is 4.83. The summed E-state index contributed by atoms with van der Waals surface area (Å²) < 4.78 is 0. The molecule has 3 amide bonds. The summed E-state index contributed by atoms with van der Waals surface area (Å²) in [6, 6.07) is 13.7. The Hall–Kier alpha value is -3.35. The van der Waals surface area contributed by atoms with Crippen LogP contribution in [0.1, 0.15) is 28.8 Å². The molecule has 146 valence electrons. The molecule has 7 nitrogen and oxygen atoms in total. The lowest BCUT2D eigenvalue weighted by molar-refractivity contribution is -0.121. The molecular formula is C21H23N3O4. The highest BCUT2D eigenvalue weighted by atomic mass is 16.4. The second kappa shape index (κ2) is 8.56. The van der Waals surface area contributed by atoms with Gasteiger partial charge in [0.05, 0.1) is 11.5 Å². The van der Waals surface area contributed by atoms with Gasteiger partial charge in [0.25, 0.3) is 0 Å². The molecule has 0 aromatic heterocycles. The van der Waals surface area contributed by atoms with Gasteiger partial charge in [-0.3, -0.25) is 4.79 Å². The van der Waals surface area contributed by atoms with Crippen molar-refractivity contribution in [3.8, 4) is 0 Å². The minimum absolute atomic E-state index is 0.167. The number of para-hydroxylation sites is 1. The molecule has 1 aliphatic heterocycles.